The molecule has 0 aliphatic carbocycles. The SMILES string of the molecule is Cc1ccc(OCCSCC(=O)Nc2c(Cl)cccc2C(F)(F)F)cc1. The molecule has 0 aromatic heterocycles. The third kappa shape index (κ3) is 6.14. The quantitative estimate of drug-likeness (QED) is 0.627. The maximum Gasteiger partial charge on any atom is 0.418 e. The van der Waals surface area contributed by atoms with E-state index in [0.29, 0.717) is 12.4 Å². The van der Waals surface area contributed by atoms with Crippen molar-refractivity contribution in [2.75, 3.05) is 23.4 Å². The maximum absolute atomic E-state index is 13.0. The minimum atomic E-state index is -4.59. The van der Waals surface area contributed by atoms with Gasteiger partial charge >= 0.3 is 6.18 Å². The van der Waals surface area contributed by atoms with Gasteiger partial charge in [-0.3, -0.25) is 4.79 Å². The number of benzene rings is 2. The third-order valence-electron chi connectivity index (χ3n) is 3.33. The van der Waals surface area contributed by atoms with E-state index in [9.17, 15) is 18.0 Å². The van der Waals surface area contributed by atoms with Gasteiger partial charge in [0.1, 0.15) is 5.75 Å². The van der Waals surface area contributed by atoms with Crippen molar-refractivity contribution in [3.05, 3.63) is 58.6 Å². The highest BCUT2D eigenvalue weighted by molar-refractivity contribution is 7.99. The molecule has 0 fully saturated rings. The Labute approximate surface area is 158 Å². The van der Waals surface area contributed by atoms with Crippen molar-refractivity contribution in [2.24, 2.45) is 0 Å². The summed E-state index contributed by atoms with van der Waals surface area (Å²) >= 11 is 7.06. The van der Waals surface area contributed by atoms with Gasteiger partial charge in [-0.05, 0) is 31.2 Å². The molecule has 1 N–H and O–H groups in total. The van der Waals surface area contributed by atoms with E-state index >= 15 is 0 Å². The van der Waals surface area contributed by atoms with Crippen molar-refractivity contribution in [2.45, 2.75) is 13.1 Å². The van der Waals surface area contributed by atoms with Crippen molar-refractivity contribution < 1.29 is 22.7 Å². The third-order valence-corrected chi connectivity index (χ3v) is 4.57. The molecule has 0 unspecified atom stereocenters. The summed E-state index contributed by atoms with van der Waals surface area (Å²) in [5.41, 5.74) is -0.254. The van der Waals surface area contributed by atoms with Crippen LogP contribution in [0.5, 0.6) is 5.75 Å². The average Bonchev–Trinajstić information content (AvgIpc) is 2.57. The molecule has 0 radical (unpaired) electrons. The monoisotopic (exact) mass is 403 g/mol. The van der Waals surface area contributed by atoms with Crippen LogP contribution in [0.15, 0.2) is 42.5 Å². The number of carbonyl (C=O) groups is 1. The molecule has 0 heterocycles. The molecule has 1 amide bonds. The van der Waals surface area contributed by atoms with Gasteiger partial charge in [0.2, 0.25) is 5.91 Å². The van der Waals surface area contributed by atoms with Gasteiger partial charge in [-0.2, -0.15) is 13.2 Å². The summed E-state index contributed by atoms with van der Waals surface area (Å²) in [6, 6.07) is 10.9. The number of para-hydroxylation sites is 1. The van der Waals surface area contributed by atoms with Crippen molar-refractivity contribution >= 4 is 35.0 Å². The highest BCUT2D eigenvalue weighted by Crippen LogP contribution is 2.38. The lowest BCUT2D eigenvalue weighted by Crippen LogP contribution is -2.19. The molecule has 2 aromatic rings. The van der Waals surface area contributed by atoms with Gasteiger partial charge in [-0.1, -0.05) is 35.4 Å². The van der Waals surface area contributed by atoms with Crippen molar-refractivity contribution in [1.29, 1.82) is 0 Å². The first-order valence-corrected chi connectivity index (χ1v) is 9.23. The second-order valence-electron chi connectivity index (χ2n) is 5.42. The second-order valence-corrected chi connectivity index (χ2v) is 6.93. The molecule has 0 bridgehead atoms. The molecule has 140 valence electrons. The van der Waals surface area contributed by atoms with E-state index in [4.69, 9.17) is 16.3 Å². The second kappa shape index (κ2) is 9.19. The summed E-state index contributed by atoms with van der Waals surface area (Å²) in [6.07, 6.45) is -4.59. The zero-order valence-corrected chi connectivity index (χ0v) is 15.5. The fraction of sp³-hybridized carbons (Fsp3) is 0.278. The molecule has 0 saturated heterocycles. The molecular formula is C18H17ClF3NO2S. The molecule has 0 aliphatic rings. The van der Waals surface area contributed by atoms with Crippen LogP contribution < -0.4 is 10.1 Å². The molecule has 0 spiro atoms. The summed E-state index contributed by atoms with van der Waals surface area (Å²) in [5, 5.41) is 2.10. The molecule has 0 aliphatic heterocycles. The Morgan fingerprint density at radius 3 is 2.54 bits per heavy atom. The number of aryl methyl sites for hydroxylation is 1. The first-order valence-electron chi connectivity index (χ1n) is 7.70. The fourth-order valence-electron chi connectivity index (χ4n) is 2.08. The topological polar surface area (TPSA) is 38.3 Å². The first kappa shape index (κ1) is 20.5. The van der Waals surface area contributed by atoms with Crippen LogP contribution in [-0.4, -0.2) is 24.0 Å². The summed E-state index contributed by atoms with van der Waals surface area (Å²) in [4.78, 5) is 11.9. The number of amides is 1. The number of halogens is 4. The van der Waals surface area contributed by atoms with E-state index < -0.39 is 23.3 Å². The maximum atomic E-state index is 13.0. The van der Waals surface area contributed by atoms with Gasteiger partial charge < -0.3 is 10.1 Å². The Bertz CT molecular complexity index is 751. The number of alkyl halides is 3. The van der Waals surface area contributed by atoms with Gasteiger partial charge in [0.25, 0.3) is 0 Å². The summed E-state index contributed by atoms with van der Waals surface area (Å²) in [5.74, 6) is 0.700. The minimum Gasteiger partial charge on any atom is -0.493 e. The lowest BCUT2D eigenvalue weighted by atomic mass is 10.1. The smallest absolute Gasteiger partial charge is 0.418 e. The van der Waals surface area contributed by atoms with Crippen LogP contribution in [0.3, 0.4) is 0 Å². The first-order chi connectivity index (χ1) is 12.3. The Balaban J connectivity index is 1.80. The number of nitrogens with one attached hydrogen (secondary N) is 1. The Hall–Kier alpha value is -1.86. The van der Waals surface area contributed by atoms with Gasteiger partial charge in [0.05, 0.1) is 28.6 Å². The number of anilines is 1. The lowest BCUT2D eigenvalue weighted by Gasteiger charge is -2.15. The van der Waals surface area contributed by atoms with Crippen LogP contribution in [0, 0.1) is 6.92 Å². The van der Waals surface area contributed by atoms with Gasteiger partial charge in [-0.25, -0.2) is 0 Å². The van der Waals surface area contributed by atoms with Crippen molar-refractivity contribution in [3.8, 4) is 5.75 Å². The molecule has 0 atom stereocenters. The molecule has 8 heteroatoms. The Morgan fingerprint density at radius 2 is 1.88 bits per heavy atom. The van der Waals surface area contributed by atoms with Crippen LogP contribution in [0.1, 0.15) is 11.1 Å². The van der Waals surface area contributed by atoms with Crippen LogP contribution in [0.4, 0.5) is 18.9 Å². The molecule has 2 aromatic carbocycles. The number of ether oxygens (including phenoxy) is 1. The predicted molar refractivity (Wildman–Crippen MR) is 99.1 cm³/mol. The number of hydrogen-bond donors (Lipinski definition) is 1. The van der Waals surface area contributed by atoms with E-state index in [1.807, 2.05) is 31.2 Å². The van der Waals surface area contributed by atoms with Crippen LogP contribution in [-0.2, 0) is 11.0 Å². The standard InChI is InChI=1S/C18H17ClF3NO2S/c1-12-5-7-13(8-6-12)25-9-10-26-11-16(24)23-17-14(18(20,21)22)3-2-4-15(17)19/h2-8H,9-11H2,1H3,(H,23,24). The van der Waals surface area contributed by atoms with E-state index in [1.54, 1.807) is 0 Å². The van der Waals surface area contributed by atoms with Crippen LogP contribution >= 0.6 is 23.4 Å². The van der Waals surface area contributed by atoms with Crippen molar-refractivity contribution in [1.82, 2.24) is 0 Å². The molecule has 0 saturated carbocycles. The largest absolute Gasteiger partial charge is 0.493 e. The zero-order chi connectivity index (χ0) is 19.2. The molecular weight excluding hydrogens is 387 g/mol. The van der Waals surface area contributed by atoms with Gasteiger partial charge in [0, 0.05) is 5.75 Å². The Kier molecular flexibility index (Phi) is 7.23. The Morgan fingerprint density at radius 1 is 1.19 bits per heavy atom. The molecule has 26 heavy (non-hydrogen) atoms. The van der Waals surface area contributed by atoms with Gasteiger partial charge in [0.15, 0.2) is 0 Å². The number of carbonyl (C=O) groups excluding carboxylic acids is 1. The molecule has 2 rings (SSSR count). The lowest BCUT2D eigenvalue weighted by molar-refractivity contribution is -0.137. The highest BCUT2D eigenvalue weighted by atomic mass is 35.5. The van der Waals surface area contributed by atoms with E-state index in [0.717, 1.165) is 17.4 Å². The number of hydrogen-bond acceptors (Lipinski definition) is 3. The molecule has 3 nitrogen and oxygen atoms in total. The normalized spacial score (nSPS) is 11.3. The number of thioether (sulfide) groups is 1. The minimum absolute atomic E-state index is 0.000220. The summed E-state index contributed by atoms with van der Waals surface area (Å²) in [6.45, 7) is 2.36. The number of rotatable bonds is 7. The summed E-state index contributed by atoms with van der Waals surface area (Å²) < 4.78 is 44.5. The predicted octanol–water partition coefficient (Wildman–Crippen LogP) is 5.42. The van der Waals surface area contributed by atoms with E-state index in [2.05, 4.69) is 5.32 Å². The summed E-state index contributed by atoms with van der Waals surface area (Å²) in [7, 11) is 0. The van der Waals surface area contributed by atoms with E-state index in [-0.39, 0.29) is 10.8 Å². The highest BCUT2D eigenvalue weighted by Gasteiger charge is 2.34. The van der Waals surface area contributed by atoms with Crippen LogP contribution in [0.25, 0.3) is 0 Å². The van der Waals surface area contributed by atoms with Gasteiger partial charge in [-0.15, -0.1) is 11.8 Å². The van der Waals surface area contributed by atoms with Crippen LogP contribution in [0.2, 0.25) is 5.02 Å². The zero-order valence-electron chi connectivity index (χ0n) is 13.9. The average molecular weight is 404 g/mol. The van der Waals surface area contributed by atoms with E-state index in [1.165, 1.54) is 23.9 Å². The van der Waals surface area contributed by atoms with Crippen molar-refractivity contribution in [3.63, 3.8) is 0 Å². The fourth-order valence-corrected chi connectivity index (χ4v) is 2.91.